The number of Topliss-reactive ketones (excluding diaryl/α,β-unsaturated/α-hetero) is 2. The highest BCUT2D eigenvalue weighted by molar-refractivity contribution is 6.06. The van der Waals surface area contributed by atoms with Gasteiger partial charge in [0.1, 0.15) is 5.75 Å². The van der Waals surface area contributed by atoms with Gasteiger partial charge in [-0.2, -0.15) is 0 Å². The maximum Gasteiger partial charge on any atom is 0.162 e. The van der Waals surface area contributed by atoms with Crippen molar-refractivity contribution in [2.75, 3.05) is 7.11 Å². The largest absolute Gasteiger partial charge is 0.497 e. The summed E-state index contributed by atoms with van der Waals surface area (Å²) in [4.78, 5) is 29.7. The molecule has 3 aliphatic carbocycles. The topological polar surface area (TPSA) is 46.6 Å². The molecule has 0 atom stereocenters. The molecular weight excluding hydrogens is 386 g/mol. The zero-order valence-electron chi connectivity index (χ0n) is 19.4. The number of hydrogen-bond donors (Lipinski definition) is 0. The van der Waals surface area contributed by atoms with Crippen LogP contribution in [0.1, 0.15) is 77.7 Å². The van der Waals surface area contributed by atoms with Crippen molar-refractivity contribution in [3.63, 3.8) is 0 Å². The zero-order chi connectivity index (χ0) is 22.1. The second-order valence-corrected chi connectivity index (χ2v) is 11.4. The standard InChI is InChI=1S/C27H33NO3/c1-26(2)12-19-24(21(29)14-26)23(16-6-10-18(31-5)11-7-16)25-20(28(19)17-8-9-17)13-27(3,4)15-22(25)30/h6-7,10-11,17,23H,8-9,12-15H2,1-5H3. The normalized spacial score (nSPS) is 25.5. The van der Waals surface area contributed by atoms with E-state index in [0.717, 1.165) is 48.1 Å². The summed E-state index contributed by atoms with van der Waals surface area (Å²) in [6.45, 7) is 8.79. The quantitative estimate of drug-likeness (QED) is 0.645. The molecule has 4 heteroatoms. The Balaban J connectivity index is 1.74. The molecule has 1 fully saturated rings. The van der Waals surface area contributed by atoms with Gasteiger partial charge in [-0.3, -0.25) is 9.59 Å². The molecule has 0 saturated heterocycles. The summed E-state index contributed by atoms with van der Waals surface area (Å²) >= 11 is 0. The van der Waals surface area contributed by atoms with Crippen molar-refractivity contribution in [3.05, 3.63) is 52.4 Å². The van der Waals surface area contributed by atoms with Crippen molar-refractivity contribution in [1.29, 1.82) is 0 Å². The average Bonchev–Trinajstić information content (AvgIpc) is 3.49. The fourth-order valence-electron chi connectivity index (χ4n) is 5.90. The minimum atomic E-state index is -0.252. The van der Waals surface area contributed by atoms with Gasteiger partial charge in [-0.25, -0.2) is 0 Å². The van der Waals surface area contributed by atoms with E-state index in [4.69, 9.17) is 4.74 Å². The monoisotopic (exact) mass is 419 g/mol. The van der Waals surface area contributed by atoms with Gasteiger partial charge in [0.05, 0.1) is 7.11 Å². The van der Waals surface area contributed by atoms with Crippen LogP contribution in [0.4, 0.5) is 0 Å². The van der Waals surface area contributed by atoms with Gasteiger partial charge in [0.15, 0.2) is 11.6 Å². The first-order chi connectivity index (χ1) is 14.6. The number of ether oxygens (including phenoxy) is 1. The van der Waals surface area contributed by atoms with E-state index >= 15 is 0 Å². The minimum absolute atomic E-state index is 0.0558. The lowest BCUT2D eigenvalue weighted by atomic mass is 9.63. The molecule has 1 aromatic carbocycles. The van der Waals surface area contributed by atoms with Crippen molar-refractivity contribution >= 4 is 11.6 Å². The van der Waals surface area contributed by atoms with Crippen molar-refractivity contribution < 1.29 is 14.3 Å². The van der Waals surface area contributed by atoms with Crippen LogP contribution >= 0.6 is 0 Å². The van der Waals surface area contributed by atoms with E-state index in [2.05, 4.69) is 32.6 Å². The molecular formula is C27H33NO3. The number of nitrogens with zero attached hydrogens (tertiary/aromatic N) is 1. The smallest absolute Gasteiger partial charge is 0.162 e. The van der Waals surface area contributed by atoms with Gasteiger partial charge in [0.2, 0.25) is 0 Å². The molecule has 1 heterocycles. The van der Waals surface area contributed by atoms with Crippen LogP contribution in [0.3, 0.4) is 0 Å². The Labute approximate surface area is 185 Å². The average molecular weight is 420 g/mol. The van der Waals surface area contributed by atoms with E-state index in [-0.39, 0.29) is 28.3 Å². The molecule has 0 unspecified atom stereocenters. The summed E-state index contributed by atoms with van der Waals surface area (Å²) in [7, 11) is 1.66. The van der Waals surface area contributed by atoms with Gasteiger partial charge >= 0.3 is 0 Å². The second kappa shape index (κ2) is 6.82. The van der Waals surface area contributed by atoms with Crippen LogP contribution in [-0.4, -0.2) is 29.6 Å². The van der Waals surface area contributed by atoms with Gasteiger partial charge in [-0.15, -0.1) is 0 Å². The number of ketones is 2. The molecule has 0 spiro atoms. The number of benzene rings is 1. The third-order valence-electron chi connectivity index (χ3n) is 7.31. The first-order valence-electron chi connectivity index (χ1n) is 11.6. The molecule has 164 valence electrons. The van der Waals surface area contributed by atoms with Crippen LogP contribution in [-0.2, 0) is 9.59 Å². The van der Waals surface area contributed by atoms with Crippen LogP contribution < -0.4 is 4.74 Å². The minimum Gasteiger partial charge on any atom is -0.497 e. The summed E-state index contributed by atoms with van der Waals surface area (Å²) in [5, 5.41) is 0. The second-order valence-electron chi connectivity index (χ2n) is 11.4. The molecule has 0 radical (unpaired) electrons. The van der Waals surface area contributed by atoms with Crippen LogP contribution in [0, 0.1) is 10.8 Å². The molecule has 0 bridgehead atoms. The zero-order valence-corrected chi connectivity index (χ0v) is 19.4. The fraction of sp³-hybridized carbons (Fsp3) is 0.556. The van der Waals surface area contributed by atoms with Gasteiger partial charge in [-0.1, -0.05) is 39.8 Å². The maximum atomic E-state index is 13.6. The Kier molecular flexibility index (Phi) is 4.52. The van der Waals surface area contributed by atoms with Crippen molar-refractivity contribution in [1.82, 2.24) is 4.90 Å². The Morgan fingerprint density at radius 3 is 1.71 bits per heavy atom. The Morgan fingerprint density at radius 2 is 1.29 bits per heavy atom. The molecule has 0 amide bonds. The molecule has 4 nitrogen and oxygen atoms in total. The van der Waals surface area contributed by atoms with Gasteiger partial charge in [0, 0.05) is 47.3 Å². The number of hydrogen-bond acceptors (Lipinski definition) is 4. The fourth-order valence-corrected chi connectivity index (χ4v) is 5.90. The molecule has 5 rings (SSSR count). The molecule has 0 N–H and O–H groups in total. The SMILES string of the molecule is COc1ccc(C2C3=C(CC(C)(C)CC3=O)N(C3CC3)C3=C2C(=O)CC(C)(C)C3)cc1. The van der Waals surface area contributed by atoms with E-state index in [1.165, 1.54) is 11.4 Å². The van der Waals surface area contributed by atoms with Crippen molar-refractivity contribution in [3.8, 4) is 5.75 Å². The number of rotatable bonds is 3. The Morgan fingerprint density at radius 1 is 0.806 bits per heavy atom. The van der Waals surface area contributed by atoms with E-state index in [9.17, 15) is 9.59 Å². The van der Waals surface area contributed by atoms with Gasteiger partial charge < -0.3 is 9.64 Å². The summed E-state index contributed by atoms with van der Waals surface area (Å²) in [6, 6.07) is 8.39. The number of carbonyl (C=O) groups excluding carboxylic acids is 2. The van der Waals surface area contributed by atoms with Gasteiger partial charge in [-0.05, 0) is 54.2 Å². The molecule has 31 heavy (non-hydrogen) atoms. The highest BCUT2D eigenvalue weighted by Crippen LogP contribution is 2.56. The van der Waals surface area contributed by atoms with Crippen molar-refractivity contribution in [2.24, 2.45) is 10.8 Å². The predicted molar refractivity (Wildman–Crippen MR) is 121 cm³/mol. The summed E-state index contributed by atoms with van der Waals surface area (Å²) < 4.78 is 5.36. The molecule has 1 saturated carbocycles. The van der Waals surface area contributed by atoms with Crippen LogP contribution in [0.15, 0.2) is 46.8 Å². The summed E-state index contributed by atoms with van der Waals surface area (Å²) in [5.41, 5.74) is 5.05. The summed E-state index contributed by atoms with van der Waals surface area (Å²) in [6.07, 6.45) is 5.15. The lowest BCUT2D eigenvalue weighted by Gasteiger charge is -2.49. The van der Waals surface area contributed by atoms with Crippen LogP contribution in [0.2, 0.25) is 0 Å². The van der Waals surface area contributed by atoms with E-state index < -0.39 is 0 Å². The van der Waals surface area contributed by atoms with E-state index in [1.807, 2.05) is 24.3 Å². The third kappa shape index (κ3) is 3.44. The molecule has 4 aliphatic rings. The van der Waals surface area contributed by atoms with Gasteiger partial charge in [0.25, 0.3) is 0 Å². The Hall–Kier alpha value is -2.36. The highest BCUT2D eigenvalue weighted by Gasteiger charge is 2.51. The first-order valence-corrected chi connectivity index (χ1v) is 11.6. The molecule has 1 aromatic rings. The first kappa shape index (κ1) is 20.5. The number of methoxy groups -OCH3 is 1. The van der Waals surface area contributed by atoms with E-state index in [0.29, 0.717) is 18.9 Å². The van der Waals surface area contributed by atoms with Crippen LogP contribution in [0.5, 0.6) is 5.75 Å². The highest BCUT2D eigenvalue weighted by atomic mass is 16.5. The number of carbonyl (C=O) groups is 2. The number of allylic oxidation sites excluding steroid dienone is 4. The Bertz CT molecular complexity index is 967. The maximum absolute atomic E-state index is 13.6. The lowest BCUT2D eigenvalue weighted by Crippen LogP contribution is -2.45. The van der Waals surface area contributed by atoms with Crippen molar-refractivity contribution in [2.45, 2.75) is 78.2 Å². The summed E-state index contributed by atoms with van der Waals surface area (Å²) in [5.74, 6) is 0.955. The van der Waals surface area contributed by atoms with Crippen LogP contribution in [0.25, 0.3) is 0 Å². The third-order valence-corrected chi connectivity index (χ3v) is 7.31. The molecule has 0 aromatic heterocycles. The molecule has 1 aliphatic heterocycles. The van der Waals surface area contributed by atoms with E-state index in [1.54, 1.807) is 7.11 Å². The predicted octanol–water partition coefficient (Wildman–Crippen LogP) is 5.54. The lowest BCUT2D eigenvalue weighted by molar-refractivity contribution is -0.119.